The Labute approximate surface area is 117 Å². The number of nitrogens with zero attached hydrogens (tertiary/aromatic N) is 1. The van der Waals surface area contributed by atoms with Crippen LogP contribution in [0.25, 0.3) is 0 Å². The summed E-state index contributed by atoms with van der Waals surface area (Å²) < 4.78 is 6.37. The highest BCUT2D eigenvalue weighted by molar-refractivity contribution is 9.10. The van der Waals surface area contributed by atoms with Gasteiger partial charge >= 0.3 is 0 Å². The van der Waals surface area contributed by atoms with E-state index in [4.69, 9.17) is 15.9 Å². The van der Waals surface area contributed by atoms with Gasteiger partial charge in [0, 0.05) is 29.0 Å². The van der Waals surface area contributed by atoms with E-state index in [9.17, 15) is 0 Å². The molecule has 0 aromatic heterocycles. The first-order chi connectivity index (χ1) is 8.43. The smallest absolute Gasteiger partial charge is 0.123 e. The summed E-state index contributed by atoms with van der Waals surface area (Å²) in [5.41, 5.74) is 6.60. The van der Waals surface area contributed by atoms with E-state index in [-0.39, 0.29) is 11.8 Å². The lowest BCUT2D eigenvalue weighted by molar-refractivity contribution is 0.299. The summed E-state index contributed by atoms with van der Waals surface area (Å²) in [4.78, 5) is 2.14. The SMILES string of the molecule is COc1ccc(Br)cc1CN(C)CC(C)C(=N)N. The lowest BCUT2D eigenvalue weighted by atomic mass is 10.1. The summed E-state index contributed by atoms with van der Waals surface area (Å²) in [5, 5.41) is 7.40. The fourth-order valence-electron chi connectivity index (χ4n) is 1.79. The number of methoxy groups -OCH3 is 1. The highest BCUT2D eigenvalue weighted by Gasteiger charge is 2.11. The van der Waals surface area contributed by atoms with Crippen LogP contribution in [0.15, 0.2) is 22.7 Å². The van der Waals surface area contributed by atoms with Crippen LogP contribution in [0.4, 0.5) is 0 Å². The van der Waals surface area contributed by atoms with Crippen molar-refractivity contribution in [2.24, 2.45) is 11.7 Å². The molecule has 0 aliphatic rings. The van der Waals surface area contributed by atoms with Crippen LogP contribution >= 0.6 is 15.9 Å². The number of rotatable bonds is 6. The molecule has 0 aliphatic carbocycles. The molecular formula is C13H20BrN3O. The molecule has 0 radical (unpaired) electrons. The molecular weight excluding hydrogens is 294 g/mol. The Morgan fingerprint density at radius 3 is 2.78 bits per heavy atom. The standard InChI is InChI=1S/C13H20BrN3O/c1-9(13(15)16)7-17(2)8-10-6-11(14)4-5-12(10)18-3/h4-6,9H,7-8H2,1-3H3,(H3,15,16). The molecule has 0 bridgehead atoms. The summed E-state index contributed by atoms with van der Waals surface area (Å²) >= 11 is 3.46. The van der Waals surface area contributed by atoms with E-state index < -0.39 is 0 Å². The van der Waals surface area contributed by atoms with E-state index in [2.05, 4.69) is 20.8 Å². The Kier molecular flexibility index (Phi) is 5.62. The fourth-order valence-corrected chi connectivity index (χ4v) is 2.20. The van der Waals surface area contributed by atoms with Crippen LogP contribution in [0.2, 0.25) is 0 Å². The van der Waals surface area contributed by atoms with Crippen molar-refractivity contribution < 1.29 is 4.74 Å². The van der Waals surface area contributed by atoms with Crippen LogP contribution in [0, 0.1) is 11.3 Å². The van der Waals surface area contributed by atoms with Gasteiger partial charge in [-0.05, 0) is 25.2 Å². The topological polar surface area (TPSA) is 62.3 Å². The number of ether oxygens (including phenoxy) is 1. The predicted molar refractivity (Wildman–Crippen MR) is 78.1 cm³/mol. The van der Waals surface area contributed by atoms with Crippen LogP contribution in [0.1, 0.15) is 12.5 Å². The fraction of sp³-hybridized carbons (Fsp3) is 0.462. The monoisotopic (exact) mass is 313 g/mol. The Hall–Kier alpha value is -1.07. The van der Waals surface area contributed by atoms with Gasteiger partial charge in [0.1, 0.15) is 5.75 Å². The third-order valence-electron chi connectivity index (χ3n) is 2.80. The van der Waals surface area contributed by atoms with Gasteiger partial charge in [-0.25, -0.2) is 0 Å². The van der Waals surface area contributed by atoms with Gasteiger partial charge in [0.15, 0.2) is 0 Å². The highest BCUT2D eigenvalue weighted by Crippen LogP contribution is 2.24. The van der Waals surface area contributed by atoms with E-state index in [0.717, 1.165) is 28.9 Å². The molecule has 1 aromatic rings. The first kappa shape index (κ1) is 15.0. The van der Waals surface area contributed by atoms with Gasteiger partial charge < -0.3 is 15.4 Å². The van der Waals surface area contributed by atoms with E-state index >= 15 is 0 Å². The van der Waals surface area contributed by atoms with Gasteiger partial charge in [-0.1, -0.05) is 22.9 Å². The molecule has 0 amide bonds. The van der Waals surface area contributed by atoms with Crippen LogP contribution in [0.3, 0.4) is 0 Å². The summed E-state index contributed by atoms with van der Waals surface area (Å²) in [5.74, 6) is 1.16. The van der Waals surface area contributed by atoms with Gasteiger partial charge in [0.05, 0.1) is 12.9 Å². The zero-order chi connectivity index (χ0) is 13.7. The highest BCUT2D eigenvalue weighted by atomic mass is 79.9. The molecule has 0 fully saturated rings. The molecule has 0 saturated heterocycles. The van der Waals surface area contributed by atoms with E-state index in [1.54, 1.807) is 7.11 Å². The molecule has 18 heavy (non-hydrogen) atoms. The van der Waals surface area contributed by atoms with Gasteiger partial charge in [-0.15, -0.1) is 0 Å². The molecule has 3 N–H and O–H groups in total. The third-order valence-corrected chi connectivity index (χ3v) is 3.29. The van der Waals surface area contributed by atoms with Gasteiger partial charge in [-0.2, -0.15) is 0 Å². The molecule has 1 rings (SSSR count). The molecule has 0 spiro atoms. The Balaban J connectivity index is 2.71. The number of benzene rings is 1. The maximum atomic E-state index is 7.40. The van der Waals surface area contributed by atoms with Gasteiger partial charge in [0.2, 0.25) is 0 Å². The third kappa shape index (κ3) is 4.31. The zero-order valence-electron chi connectivity index (χ0n) is 11.0. The van der Waals surface area contributed by atoms with Crippen molar-refractivity contribution in [3.63, 3.8) is 0 Å². The number of amidine groups is 1. The summed E-state index contributed by atoms with van der Waals surface area (Å²) in [6, 6.07) is 5.95. The second kappa shape index (κ2) is 6.75. The van der Waals surface area contributed by atoms with Crippen molar-refractivity contribution in [3.05, 3.63) is 28.2 Å². The Morgan fingerprint density at radius 1 is 1.56 bits per heavy atom. The largest absolute Gasteiger partial charge is 0.496 e. The van der Waals surface area contributed by atoms with Crippen molar-refractivity contribution in [1.82, 2.24) is 4.90 Å². The first-order valence-electron chi connectivity index (χ1n) is 5.79. The molecule has 0 heterocycles. The Bertz CT molecular complexity index is 423. The quantitative estimate of drug-likeness (QED) is 0.626. The normalized spacial score (nSPS) is 12.5. The van der Waals surface area contributed by atoms with Crippen molar-refractivity contribution in [1.29, 1.82) is 5.41 Å². The van der Waals surface area contributed by atoms with Crippen LogP contribution < -0.4 is 10.5 Å². The van der Waals surface area contributed by atoms with Crippen LogP contribution in [-0.2, 0) is 6.54 Å². The average molecular weight is 314 g/mol. The minimum Gasteiger partial charge on any atom is -0.496 e. The minimum atomic E-state index is 0.0631. The number of halogens is 1. The molecule has 1 aromatic carbocycles. The first-order valence-corrected chi connectivity index (χ1v) is 6.58. The second-order valence-corrected chi connectivity index (χ2v) is 5.42. The molecule has 1 unspecified atom stereocenters. The summed E-state index contributed by atoms with van der Waals surface area (Å²) in [7, 11) is 3.69. The second-order valence-electron chi connectivity index (χ2n) is 4.51. The van der Waals surface area contributed by atoms with Crippen LogP contribution in [-0.4, -0.2) is 31.4 Å². The van der Waals surface area contributed by atoms with Crippen molar-refractivity contribution in [2.45, 2.75) is 13.5 Å². The molecule has 0 saturated carbocycles. The number of hydrogen-bond donors (Lipinski definition) is 2. The van der Waals surface area contributed by atoms with Crippen LogP contribution in [0.5, 0.6) is 5.75 Å². The predicted octanol–water partition coefficient (Wildman–Crippen LogP) is 2.46. The van der Waals surface area contributed by atoms with Gasteiger partial charge in [-0.3, -0.25) is 5.41 Å². The zero-order valence-corrected chi connectivity index (χ0v) is 12.6. The lowest BCUT2D eigenvalue weighted by Gasteiger charge is -2.21. The van der Waals surface area contributed by atoms with Crippen molar-refractivity contribution in [3.8, 4) is 5.75 Å². The molecule has 0 aliphatic heterocycles. The molecule has 4 nitrogen and oxygen atoms in total. The Morgan fingerprint density at radius 2 is 2.22 bits per heavy atom. The van der Waals surface area contributed by atoms with Crippen molar-refractivity contribution in [2.75, 3.05) is 20.7 Å². The summed E-state index contributed by atoms with van der Waals surface area (Å²) in [6.07, 6.45) is 0. The molecule has 100 valence electrons. The number of nitrogens with two attached hydrogens (primary N) is 1. The molecule has 5 heteroatoms. The maximum Gasteiger partial charge on any atom is 0.123 e. The number of hydrogen-bond acceptors (Lipinski definition) is 3. The average Bonchev–Trinajstić information content (AvgIpc) is 2.28. The van der Waals surface area contributed by atoms with E-state index in [0.29, 0.717) is 0 Å². The van der Waals surface area contributed by atoms with Crippen molar-refractivity contribution >= 4 is 21.8 Å². The van der Waals surface area contributed by atoms with Gasteiger partial charge in [0.25, 0.3) is 0 Å². The summed E-state index contributed by atoms with van der Waals surface area (Å²) in [6.45, 7) is 3.47. The lowest BCUT2D eigenvalue weighted by Crippen LogP contribution is -2.31. The number of nitrogens with one attached hydrogen (secondary N) is 1. The molecule has 1 atom stereocenters. The maximum absolute atomic E-state index is 7.40. The van der Waals surface area contributed by atoms with E-state index in [1.165, 1.54) is 0 Å². The van der Waals surface area contributed by atoms with E-state index in [1.807, 2.05) is 32.2 Å². The minimum absolute atomic E-state index is 0.0631.